The number of ether oxygens (including phenoxy) is 1. The van der Waals surface area contributed by atoms with Gasteiger partial charge in [0.1, 0.15) is 11.4 Å². The van der Waals surface area contributed by atoms with E-state index in [0.29, 0.717) is 31.0 Å². The fourth-order valence-electron chi connectivity index (χ4n) is 2.51. The van der Waals surface area contributed by atoms with Gasteiger partial charge in [-0.2, -0.15) is 4.98 Å². The molecule has 1 aliphatic rings. The largest absolute Gasteiger partial charge is 0.493 e. The van der Waals surface area contributed by atoms with Gasteiger partial charge in [-0.25, -0.2) is 0 Å². The molecule has 1 fully saturated rings. The Labute approximate surface area is 123 Å². The molecule has 0 amide bonds. The van der Waals surface area contributed by atoms with Crippen LogP contribution < -0.4 is 10.1 Å². The first-order valence-electron chi connectivity index (χ1n) is 7.22. The second kappa shape index (κ2) is 5.83. The van der Waals surface area contributed by atoms with Crippen molar-refractivity contribution in [2.75, 3.05) is 19.7 Å². The number of aliphatic hydroxyl groups is 1. The van der Waals surface area contributed by atoms with Gasteiger partial charge in [0.2, 0.25) is 5.82 Å². The molecule has 1 aliphatic heterocycles. The Morgan fingerprint density at radius 3 is 2.86 bits per heavy atom. The molecule has 1 aromatic carbocycles. The van der Waals surface area contributed by atoms with E-state index in [-0.39, 0.29) is 5.89 Å². The number of benzene rings is 1. The van der Waals surface area contributed by atoms with Crippen LogP contribution in [-0.4, -0.2) is 34.9 Å². The van der Waals surface area contributed by atoms with Crippen LogP contribution in [0.3, 0.4) is 0 Å². The summed E-state index contributed by atoms with van der Waals surface area (Å²) in [7, 11) is 0. The number of piperidine rings is 1. The van der Waals surface area contributed by atoms with Gasteiger partial charge in [-0.05, 0) is 45.0 Å². The Balaban J connectivity index is 1.91. The van der Waals surface area contributed by atoms with Crippen LogP contribution >= 0.6 is 0 Å². The minimum atomic E-state index is -1.03. The van der Waals surface area contributed by atoms with Gasteiger partial charge in [0.15, 0.2) is 0 Å². The first kappa shape index (κ1) is 14.0. The van der Waals surface area contributed by atoms with Gasteiger partial charge in [0, 0.05) is 0 Å². The summed E-state index contributed by atoms with van der Waals surface area (Å²) < 4.78 is 10.9. The molecule has 3 rings (SSSR count). The van der Waals surface area contributed by atoms with Crippen molar-refractivity contribution < 1.29 is 14.4 Å². The zero-order chi connectivity index (χ0) is 14.7. The molecule has 2 heterocycles. The van der Waals surface area contributed by atoms with E-state index in [2.05, 4.69) is 15.5 Å². The van der Waals surface area contributed by atoms with Gasteiger partial charge < -0.3 is 19.7 Å². The number of hydrogen-bond donors (Lipinski definition) is 2. The van der Waals surface area contributed by atoms with E-state index in [4.69, 9.17) is 9.26 Å². The van der Waals surface area contributed by atoms with Crippen LogP contribution in [0.5, 0.6) is 5.75 Å². The summed E-state index contributed by atoms with van der Waals surface area (Å²) >= 11 is 0. The Hall–Kier alpha value is -1.92. The smallest absolute Gasteiger partial charge is 0.259 e. The fourth-order valence-corrected chi connectivity index (χ4v) is 2.51. The van der Waals surface area contributed by atoms with Gasteiger partial charge in [-0.1, -0.05) is 17.3 Å². The van der Waals surface area contributed by atoms with Crippen LogP contribution in [0.2, 0.25) is 0 Å². The van der Waals surface area contributed by atoms with Crippen molar-refractivity contribution in [1.82, 2.24) is 15.5 Å². The number of hydrogen-bond acceptors (Lipinski definition) is 6. The van der Waals surface area contributed by atoms with Crippen LogP contribution in [0.15, 0.2) is 28.8 Å². The molecule has 0 atom stereocenters. The van der Waals surface area contributed by atoms with Crippen molar-refractivity contribution in [1.29, 1.82) is 0 Å². The average Bonchev–Trinajstić information content (AvgIpc) is 2.99. The second-order valence-corrected chi connectivity index (χ2v) is 5.13. The summed E-state index contributed by atoms with van der Waals surface area (Å²) in [6.45, 7) is 3.97. The van der Waals surface area contributed by atoms with Crippen LogP contribution in [0.4, 0.5) is 0 Å². The molecule has 0 bridgehead atoms. The first-order chi connectivity index (χ1) is 10.2. The molecule has 0 spiro atoms. The van der Waals surface area contributed by atoms with Crippen LogP contribution in [0, 0.1) is 0 Å². The molecule has 21 heavy (non-hydrogen) atoms. The van der Waals surface area contributed by atoms with E-state index in [0.717, 1.165) is 18.7 Å². The molecule has 1 saturated heterocycles. The zero-order valence-electron chi connectivity index (χ0n) is 12.0. The highest BCUT2D eigenvalue weighted by molar-refractivity contribution is 5.63. The highest BCUT2D eigenvalue weighted by Crippen LogP contribution is 2.33. The lowest BCUT2D eigenvalue weighted by atomic mass is 9.92. The van der Waals surface area contributed by atoms with Crippen LogP contribution in [0.25, 0.3) is 11.4 Å². The van der Waals surface area contributed by atoms with E-state index in [1.54, 1.807) is 0 Å². The molecular formula is C15H19N3O3. The number of nitrogens with one attached hydrogen (secondary N) is 1. The minimum absolute atomic E-state index is 0.283. The van der Waals surface area contributed by atoms with Crippen molar-refractivity contribution >= 4 is 0 Å². The van der Waals surface area contributed by atoms with Gasteiger partial charge in [-0.3, -0.25) is 0 Å². The lowest BCUT2D eigenvalue weighted by molar-refractivity contribution is -0.0228. The Kier molecular flexibility index (Phi) is 3.90. The van der Waals surface area contributed by atoms with Crippen molar-refractivity contribution in [3.05, 3.63) is 30.2 Å². The predicted octanol–water partition coefficient (Wildman–Crippen LogP) is 1.71. The quantitative estimate of drug-likeness (QED) is 0.892. The van der Waals surface area contributed by atoms with E-state index in [1.165, 1.54) is 0 Å². The number of nitrogens with zero attached hydrogens (tertiary/aromatic N) is 2. The molecule has 6 heteroatoms. The maximum absolute atomic E-state index is 10.6. The van der Waals surface area contributed by atoms with E-state index in [9.17, 15) is 5.11 Å². The molecular weight excluding hydrogens is 270 g/mol. The molecule has 0 saturated carbocycles. The second-order valence-electron chi connectivity index (χ2n) is 5.13. The predicted molar refractivity (Wildman–Crippen MR) is 76.9 cm³/mol. The average molecular weight is 289 g/mol. The SMILES string of the molecule is CCOc1ccccc1-c1noc(C2(O)CCNCC2)n1. The molecule has 112 valence electrons. The van der Waals surface area contributed by atoms with Crippen LogP contribution in [-0.2, 0) is 5.60 Å². The number of para-hydroxylation sites is 1. The Bertz CT molecular complexity index is 606. The molecule has 2 N–H and O–H groups in total. The van der Waals surface area contributed by atoms with E-state index < -0.39 is 5.60 Å². The summed E-state index contributed by atoms with van der Waals surface area (Å²) in [5.74, 6) is 1.44. The third-order valence-corrected chi connectivity index (χ3v) is 3.68. The first-order valence-corrected chi connectivity index (χ1v) is 7.22. The third-order valence-electron chi connectivity index (χ3n) is 3.68. The topological polar surface area (TPSA) is 80.4 Å². The summed E-state index contributed by atoms with van der Waals surface area (Å²) in [6.07, 6.45) is 1.14. The van der Waals surface area contributed by atoms with Gasteiger partial charge in [-0.15, -0.1) is 0 Å². The fraction of sp³-hybridized carbons (Fsp3) is 0.467. The highest BCUT2D eigenvalue weighted by Gasteiger charge is 2.37. The highest BCUT2D eigenvalue weighted by atomic mass is 16.5. The number of aromatic nitrogens is 2. The summed E-state index contributed by atoms with van der Waals surface area (Å²) in [4.78, 5) is 4.38. The van der Waals surface area contributed by atoms with Crippen molar-refractivity contribution in [3.8, 4) is 17.1 Å². The molecule has 6 nitrogen and oxygen atoms in total. The van der Waals surface area contributed by atoms with Gasteiger partial charge in [0.05, 0.1) is 12.2 Å². The maximum Gasteiger partial charge on any atom is 0.259 e. The minimum Gasteiger partial charge on any atom is -0.493 e. The summed E-state index contributed by atoms with van der Waals surface area (Å²) in [6, 6.07) is 7.54. The third kappa shape index (κ3) is 2.77. The monoisotopic (exact) mass is 289 g/mol. The van der Waals surface area contributed by atoms with Gasteiger partial charge in [0.25, 0.3) is 5.89 Å². The molecule has 0 unspecified atom stereocenters. The molecule has 1 aromatic heterocycles. The standard InChI is InChI=1S/C15H19N3O3/c1-2-20-12-6-4-3-5-11(12)13-17-14(21-18-13)15(19)7-9-16-10-8-15/h3-6,16,19H,2,7-10H2,1H3. The lowest BCUT2D eigenvalue weighted by Crippen LogP contribution is -2.39. The Morgan fingerprint density at radius 2 is 2.10 bits per heavy atom. The van der Waals surface area contributed by atoms with Crippen LogP contribution in [0.1, 0.15) is 25.7 Å². The van der Waals surface area contributed by atoms with Gasteiger partial charge >= 0.3 is 0 Å². The van der Waals surface area contributed by atoms with E-state index in [1.807, 2.05) is 31.2 Å². The zero-order valence-corrected chi connectivity index (χ0v) is 12.0. The normalized spacial score (nSPS) is 17.6. The molecule has 2 aromatic rings. The maximum atomic E-state index is 10.6. The van der Waals surface area contributed by atoms with Crippen molar-refractivity contribution in [2.24, 2.45) is 0 Å². The van der Waals surface area contributed by atoms with Crippen molar-refractivity contribution in [2.45, 2.75) is 25.4 Å². The molecule has 0 radical (unpaired) electrons. The summed E-state index contributed by atoms with van der Waals surface area (Å²) in [5.41, 5.74) is -0.260. The number of rotatable bonds is 4. The molecule has 0 aliphatic carbocycles. The van der Waals surface area contributed by atoms with E-state index >= 15 is 0 Å². The Morgan fingerprint density at radius 1 is 1.33 bits per heavy atom. The van der Waals surface area contributed by atoms with Crippen molar-refractivity contribution in [3.63, 3.8) is 0 Å². The summed E-state index contributed by atoms with van der Waals surface area (Å²) in [5, 5.41) is 17.8. The lowest BCUT2D eigenvalue weighted by Gasteiger charge is -2.28.